The molecule has 2 aromatic rings. The van der Waals surface area contributed by atoms with E-state index in [-0.39, 0.29) is 11.9 Å². The maximum Gasteiger partial charge on any atom is 0.141 e. The number of aromatic nitrogens is 1. The molecule has 17 heavy (non-hydrogen) atoms. The summed E-state index contributed by atoms with van der Waals surface area (Å²) >= 11 is 0. The van der Waals surface area contributed by atoms with Gasteiger partial charge in [-0.05, 0) is 36.6 Å². The number of phenols is 1. The molecule has 0 aliphatic carbocycles. The summed E-state index contributed by atoms with van der Waals surface area (Å²) in [7, 11) is 0. The summed E-state index contributed by atoms with van der Waals surface area (Å²) in [5.41, 5.74) is 2.09. The van der Waals surface area contributed by atoms with Crippen molar-refractivity contribution in [1.29, 1.82) is 0 Å². The smallest absolute Gasteiger partial charge is 0.141 e. The lowest BCUT2D eigenvalue weighted by atomic mass is 10.00. The SMILES string of the molecule is Oc1ccc2c(c1)O[C@H](c1ccccn1)CC2. The van der Waals surface area contributed by atoms with Crippen LogP contribution in [0.1, 0.15) is 23.8 Å². The van der Waals surface area contributed by atoms with Crippen molar-refractivity contribution in [1.82, 2.24) is 4.98 Å². The predicted octanol–water partition coefficient (Wildman–Crippen LogP) is 2.85. The lowest BCUT2D eigenvalue weighted by Gasteiger charge is -2.25. The zero-order valence-electron chi connectivity index (χ0n) is 9.34. The first-order valence-electron chi connectivity index (χ1n) is 5.72. The minimum absolute atomic E-state index is 0.00880. The second-order valence-corrected chi connectivity index (χ2v) is 4.19. The van der Waals surface area contributed by atoms with Gasteiger partial charge in [-0.3, -0.25) is 4.98 Å². The molecule has 0 bridgehead atoms. The summed E-state index contributed by atoms with van der Waals surface area (Å²) in [6.07, 6.45) is 3.65. The van der Waals surface area contributed by atoms with Gasteiger partial charge in [-0.25, -0.2) is 0 Å². The number of aromatic hydroxyl groups is 1. The number of hydrogen-bond donors (Lipinski definition) is 1. The highest BCUT2D eigenvalue weighted by Crippen LogP contribution is 2.35. The number of pyridine rings is 1. The molecule has 0 unspecified atom stereocenters. The van der Waals surface area contributed by atoms with Gasteiger partial charge in [0.15, 0.2) is 0 Å². The van der Waals surface area contributed by atoms with Crippen LogP contribution in [0, 0.1) is 0 Å². The Morgan fingerprint density at radius 2 is 2.18 bits per heavy atom. The maximum absolute atomic E-state index is 9.45. The van der Waals surface area contributed by atoms with Crippen molar-refractivity contribution in [3.63, 3.8) is 0 Å². The quantitative estimate of drug-likeness (QED) is 0.814. The van der Waals surface area contributed by atoms with Gasteiger partial charge in [-0.2, -0.15) is 0 Å². The van der Waals surface area contributed by atoms with Crippen LogP contribution in [0.3, 0.4) is 0 Å². The normalized spacial score (nSPS) is 18.2. The van der Waals surface area contributed by atoms with Crippen LogP contribution in [0.4, 0.5) is 0 Å². The minimum Gasteiger partial charge on any atom is -0.508 e. The van der Waals surface area contributed by atoms with Crippen molar-refractivity contribution in [2.45, 2.75) is 18.9 Å². The highest BCUT2D eigenvalue weighted by atomic mass is 16.5. The van der Waals surface area contributed by atoms with Gasteiger partial charge in [-0.1, -0.05) is 12.1 Å². The third-order valence-corrected chi connectivity index (χ3v) is 3.01. The molecular weight excluding hydrogens is 214 g/mol. The van der Waals surface area contributed by atoms with Crippen LogP contribution in [-0.4, -0.2) is 10.1 Å². The van der Waals surface area contributed by atoms with E-state index in [0.29, 0.717) is 0 Å². The number of fused-ring (bicyclic) bond motifs is 1. The van der Waals surface area contributed by atoms with E-state index in [2.05, 4.69) is 4.98 Å². The van der Waals surface area contributed by atoms with Gasteiger partial charge in [-0.15, -0.1) is 0 Å². The second kappa shape index (κ2) is 4.09. The molecule has 2 heterocycles. The fraction of sp³-hybridized carbons (Fsp3) is 0.214. The first-order valence-corrected chi connectivity index (χ1v) is 5.72. The third-order valence-electron chi connectivity index (χ3n) is 3.01. The van der Waals surface area contributed by atoms with Crippen LogP contribution in [0.25, 0.3) is 0 Å². The monoisotopic (exact) mass is 227 g/mol. The summed E-state index contributed by atoms with van der Waals surface area (Å²) in [4.78, 5) is 4.31. The van der Waals surface area contributed by atoms with Gasteiger partial charge in [0.2, 0.25) is 0 Å². The molecular formula is C14H13NO2. The summed E-state index contributed by atoms with van der Waals surface area (Å²) in [5, 5.41) is 9.45. The largest absolute Gasteiger partial charge is 0.508 e. The van der Waals surface area contributed by atoms with Crippen LogP contribution in [-0.2, 0) is 6.42 Å². The molecule has 1 N–H and O–H groups in total. The van der Waals surface area contributed by atoms with Crippen LogP contribution in [0.2, 0.25) is 0 Å². The summed E-state index contributed by atoms with van der Waals surface area (Å²) in [5.74, 6) is 1.01. The summed E-state index contributed by atoms with van der Waals surface area (Å²) < 4.78 is 5.88. The molecule has 1 aromatic carbocycles. The molecule has 86 valence electrons. The number of nitrogens with zero attached hydrogens (tertiary/aromatic N) is 1. The Hall–Kier alpha value is -2.03. The first-order chi connectivity index (χ1) is 8.33. The zero-order chi connectivity index (χ0) is 11.7. The topological polar surface area (TPSA) is 42.4 Å². The van der Waals surface area contributed by atoms with E-state index in [4.69, 9.17) is 4.74 Å². The Labute approximate surface area is 99.7 Å². The van der Waals surface area contributed by atoms with Crippen molar-refractivity contribution >= 4 is 0 Å². The molecule has 0 fully saturated rings. The third kappa shape index (κ3) is 1.96. The van der Waals surface area contributed by atoms with E-state index in [0.717, 1.165) is 29.8 Å². The zero-order valence-corrected chi connectivity index (χ0v) is 9.34. The summed E-state index contributed by atoms with van der Waals surface area (Å²) in [6, 6.07) is 11.1. The van der Waals surface area contributed by atoms with Gasteiger partial charge in [0.05, 0.1) is 5.69 Å². The number of hydrogen-bond acceptors (Lipinski definition) is 3. The molecule has 0 saturated heterocycles. The highest BCUT2D eigenvalue weighted by molar-refractivity contribution is 5.41. The van der Waals surface area contributed by atoms with E-state index in [1.807, 2.05) is 24.3 Å². The molecule has 3 rings (SSSR count). The van der Waals surface area contributed by atoms with Crippen LogP contribution >= 0.6 is 0 Å². The molecule has 3 nitrogen and oxygen atoms in total. The van der Waals surface area contributed by atoms with Crippen molar-refractivity contribution in [2.75, 3.05) is 0 Å². The molecule has 1 aliphatic rings. The number of benzene rings is 1. The standard InChI is InChI=1S/C14H13NO2/c16-11-6-4-10-5-7-13(17-14(10)9-11)12-3-1-2-8-15-12/h1-4,6,8-9,13,16H,5,7H2/t13-/m0/s1. The number of rotatable bonds is 1. The molecule has 0 radical (unpaired) electrons. The number of aryl methyl sites for hydroxylation is 1. The Kier molecular flexibility index (Phi) is 2.44. The first kappa shape index (κ1) is 10.1. The summed E-state index contributed by atoms with van der Waals surface area (Å²) in [6.45, 7) is 0. The predicted molar refractivity (Wildman–Crippen MR) is 64.0 cm³/mol. The van der Waals surface area contributed by atoms with E-state index >= 15 is 0 Å². The van der Waals surface area contributed by atoms with Gasteiger partial charge in [0.1, 0.15) is 17.6 Å². The molecule has 0 amide bonds. The molecule has 0 saturated carbocycles. The molecule has 0 spiro atoms. The highest BCUT2D eigenvalue weighted by Gasteiger charge is 2.22. The van der Waals surface area contributed by atoms with Crippen molar-refractivity contribution in [3.8, 4) is 11.5 Å². The van der Waals surface area contributed by atoms with Crippen molar-refractivity contribution in [3.05, 3.63) is 53.9 Å². The van der Waals surface area contributed by atoms with E-state index < -0.39 is 0 Å². The van der Waals surface area contributed by atoms with Crippen LogP contribution in [0.15, 0.2) is 42.6 Å². The molecule has 1 aromatic heterocycles. The lowest BCUT2D eigenvalue weighted by Crippen LogP contribution is -2.15. The molecule has 1 atom stereocenters. The Morgan fingerprint density at radius 1 is 1.24 bits per heavy atom. The van der Waals surface area contributed by atoms with Crippen LogP contribution < -0.4 is 4.74 Å². The van der Waals surface area contributed by atoms with Gasteiger partial charge in [0, 0.05) is 12.3 Å². The average Bonchev–Trinajstić information content (AvgIpc) is 2.39. The Morgan fingerprint density at radius 3 is 3.00 bits per heavy atom. The fourth-order valence-corrected chi connectivity index (χ4v) is 2.13. The van der Waals surface area contributed by atoms with Crippen molar-refractivity contribution in [2.24, 2.45) is 0 Å². The molecule has 1 aliphatic heterocycles. The van der Waals surface area contributed by atoms with E-state index in [1.165, 1.54) is 0 Å². The van der Waals surface area contributed by atoms with E-state index in [1.54, 1.807) is 18.3 Å². The molecule has 3 heteroatoms. The van der Waals surface area contributed by atoms with Gasteiger partial charge < -0.3 is 9.84 Å². The Balaban J connectivity index is 1.90. The van der Waals surface area contributed by atoms with Crippen LogP contribution in [0.5, 0.6) is 11.5 Å². The second-order valence-electron chi connectivity index (χ2n) is 4.19. The maximum atomic E-state index is 9.45. The average molecular weight is 227 g/mol. The van der Waals surface area contributed by atoms with Gasteiger partial charge in [0.25, 0.3) is 0 Å². The number of ether oxygens (including phenoxy) is 1. The van der Waals surface area contributed by atoms with E-state index in [9.17, 15) is 5.11 Å². The van der Waals surface area contributed by atoms with Gasteiger partial charge >= 0.3 is 0 Å². The Bertz CT molecular complexity index is 525. The lowest BCUT2D eigenvalue weighted by molar-refractivity contribution is 0.171. The fourth-order valence-electron chi connectivity index (χ4n) is 2.13. The minimum atomic E-state index is -0.00880. The number of phenolic OH excluding ortho intramolecular Hbond substituents is 1. The van der Waals surface area contributed by atoms with Crippen molar-refractivity contribution < 1.29 is 9.84 Å².